The van der Waals surface area contributed by atoms with E-state index in [9.17, 15) is 9.59 Å². The highest BCUT2D eigenvalue weighted by Gasteiger charge is 2.34. The standard InChI is InChI=1S/C33H36N6O2/c1-33(2,34)32(41)37-28(20-23-21-35-26-13-7-6-12-25(23)26)31(40)38-18-16-24(17-19-38)39-29-15-9-8-14-27(29)36-30(39)22-10-4-3-5-11-22/h3-15,21,24,28,35H,16-20,34H2,1-2H3,(H,37,41). The SMILES string of the molecule is CC(C)(N)C(=O)NC(Cc1c[nH]c2ccccc12)C(=O)N1CCC(n2c(-c3ccccc3)nc3ccccc32)CC1. The van der Waals surface area contributed by atoms with Gasteiger partial charge in [-0.2, -0.15) is 0 Å². The van der Waals surface area contributed by atoms with Crippen molar-refractivity contribution in [3.05, 3.63) is 90.6 Å². The molecule has 0 saturated carbocycles. The van der Waals surface area contributed by atoms with Gasteiger partial charge in [-0.3, -0.25) is 9.59 Å². The molecule has 0 bridgehead atoms. The topological polar surface area (TPSA) is 109 Å². The summed E-state index contributed by atoms with van der Waals surface area (Å²) in [6.07, 6.45) is 3.89. The number of carbonyl (C=O) groups excluding carboxylic acids is 2. The number of carbonyl (C=O) groups is 2. The maximum Gasteiger partial charge on any atom is 0.245 e. The first kappa shape index (κ1) is 26.8. The number of likely N-dealkylation sites (tertiary alicyclic amines) is 1. The molecule has 210 valence electrons. The molecule has 4 N–H and O–H groups in total. The summed E-state index contributed by atoms with van der Waals surface area (Å²) in [5.41, 5.74) is 10.1. The molecule has 1 atom stereocenters. The average molecular weight is 549 g/mol. The number of fused-ring (bicyclic) bond motifs is 2. The number of nitrogens with zero attached hydrogens (tertiary/aromatic N) is 3. The lowest BCUT2D eigenvalue weighted by Gasteiger charge is -2.36. The molecule has 2 amide bonds. The van der Waals surface area contributed by atoms with Crippen LogP contribution in [0.4, 0.5) is 0 Å². The number of aromatic amines is 1. The number of amides is 2. The van der Waals surface area contributed by atoms with Gasteiger partial charge in [0.2, 0.25) is 11.8 Å². The number of hydrogen-bond acceptors (Lipinski definition) is 4. The van der Waals surface area contributed by atoms with Crippen molar-refractivity contribution in [3.63, 3.8) is 0 Å². The van der Waals surface area contributed by atoms with Crippen LogP contribution in [0, 0.1) is 0 Å². The van der Waals surface area contributed by atoms with Crippen LogP contribution >= 0.6 is 0 Å². The highest BCUT2D eigenvalue weighted by Crippen LogP contribution is 2.33. The van der Waals surface area contributed by atoms with Gasteiger partial charge in [0, 0.05) is 48.2 Å². The summed E-state index contributed by atoms with van der Waals surface area (Å²) in [5, 5.41) is 4.01. The zero-order valence-electron chi connectivity index (χ0n) is 23.5. The van der Waals surface area contributed by atoms with E-state index in [2.05, 4.69) is 33.1 Å². The summed E-state index contributed by atoms with van der Waals surface area (Å²) in [6.45, 7) is 4.49. The second-order valence-corrected chi connectivity index (χ2v) is 11.5. The number of aromatic nitrogens is 3. The third kappa shape index (κ3) is 5.35. The number of rotatable bonds is 7. The first-order valence-electron chi connectivity index (χ1n) is 14.3. The molecule has 5 aromatic rings. The number of para-hydroxylation sites is 3. The molecule has 1 fully saturated rings. The fourth-order valence-corrected chi connectivity index (χ4v) is 5.83. The Morgan fingerprint density at radius 1 is 1.00 bits per heavy atom. The van der Waals surface area contributed by atoms with Gasteiger partial charge >= 0.3 is 0 Å². The van der Waals surface area contributed by atoms with Gasteiger partial charge in [-0.05, 0) is 50.5 Å². The van der Waals surface area contributed by atoms with Gasteiger partial charge < -0.3 is 25.5 Å². The summed E-state index contributed by atoms with van der Waals surface area (Å²) in [5.74, 6) is 0.527. The van der Waals surface area contributed by atoms with E-state index in [0.717, 1.165) is 51.7 Å². The Hall–Kier alpha value is -4.43. The molecular formula is C33H36N6O2. The van der Waals surface area contributed by atoms with Crippen molar-refractivity contribution in [1.29, 1.82) is 0 Å². The van der Waals surface area contributed by atoms with Crippen LogP contribution in [0.25, 0.3) is 33.3 Å². The highest BCUT2D eigenvalue weighted by molar-refractivity contribution is 5.92. The monoisotopic (exact) mass is 548 g/mol. The lowest BCUT2D eigenvalue weighted by Crippen LogP contribution is -2.57. The smallest absolute Gasteiger partial charge is 0.245 e. The van der Waals surface area contributed by atoms with E-state index in [0.29, 0.717) is 19.5 Å². The van der Waals surface area contributed by atoms with Crippen molar-refractivity contribution < 1.29 is 9.59 Å². The van der Waals surface area contributed by atoms with Gasteiger partial charge in [0.05, 0.1) is 16.6 Å². The Labute approximate surface area is 239 Å². The van der Waals surface area contributed by atoms with Crippen LogP contribution in [0.5, 0.6) is 0 Å². The summed E-state index contributed by atoms with van der Waals surface area (Å²) in [7, 11) is 0. The second kappa shape index (κ2) is 10.9. The van der Waals surface area contributed by atoms with E-state index in [1.807, 2.05) is 71.8 Å². The zero-order chi connectivity index (χ0) is 28.6. The van der Waals surface area contributed by atoms with Crippen LogP contribution in [0.15, 0.2) is 85.1 Å². The normalized spacial score (nSPS) is 15.3. The first-order valence-corrected chi connectivity index (χ1v) is 14.3. The maximum atomic E-state index is 14.0. The lowest BCUT2D eigenvalue weighted by molar-refractivity contribution is -0.138. The van der Waals surface area contributed by atoms with Gasteiger partial charge in [0.1, 0.15) is 11.9 Å². The van der Waals surface area contributed by atoms with E-state index in [1.54, 1.807) is 13.8 Å². The predicted octanol–water partition coefficient (Wildman–Crippen LogP) is 4.81. The summed E-state index contributed by atoms with van der Waals surface area (Å²) in [6, 6.07) is 26.0. The Morgan fingerprint density at radius 3 is 2.44 bits per heavy atom. The van der Waals surface area contributed by atoms with Gasteiger partial charge in [0.15, 0.2) is 0 Å². The first-order chi connectivity index (χ1) is 19.8. The number of nitrogens with two attached hydrogens (primary N) is 1. The minimum atomic E-state index is -1.10. The molecule has 6 rings (SSSR count). The number of hydrogen-bond donors (Lipinski definition) is 3. The van der Waals surface area contributed by atoms with Crippen molar-refractivity contribution in [2.45, 2.75) is 50.7 Å². The third-order valence-electron chi connectivity index (χ3n) is 8.06. The second-order valence-electron chi connectivity index (χ2n) is 11.5. The quantitative estimate of drug-likeness (QED) is 0.271. The molecule has 3 aromatic carbocycles. The number of piperidine rings is 1. The molecule has 1 saturated heterocycles. The molecule has 2 aromatic heterocycles. The van der Waals surface area contributed by atoms with E-state index in [-0.39, 0.29) is 17.9 Å². The molecule has 1 aliphatic rings. The summed E-state index contributed by atoms with van der Waals surface area (Å²) in [4.78, 5) is 37.0. The van der Waals surface area contributed by atoms with Crippen LogP contribution in [0.1, 0.15) is 38.3 Å². The van der Waals surface area contributed by atoms with Crippen LogP contribution in [0.3, 0.4) is 0 Å². The van der Waals surface area contributed by atoms with Crippen molar-refractivity contribution in [2.75, 3.05) is 13.1 Å². The molecule has 3 heterocycles. The van der Waals surface area contributed by atoms with E-state index in [4.69, 9.17) is 10.7 Å². The number of nitrogens with one attached hydrogen (secondary N) is 2. The fourth-order valence-electron chi connectivity index (χ4n) is 5.83. The van der Waals surface area contributed by atoms with E-state index >= 15 is 0 Å². The Morgan fingerprint density at radius 2 is 1.68 bits per heavy atom. The van der Waals surface area contributed by atoms with Gasteiger partial charge in [-0.1, -0.05) is 60.7 Å². The summed E-state index contributed by atoms with van der Waals surface area (Å²) < 4.78 is 2.34. The van der Waals surface area contributed by atoms with Crippen LogP contribution < -0.4 is 11.1 Å². The minimum Gasteiger partial charge on any atom is -0.361 e. The Kier molecular flexibility index (Phi) is 7.09. The largest absolute Gasteiger partial charge is 0.361 e. The molecule has 8 nitrogen and oxygen atoms in total. The van der Waals surface area contributed by atoms with Gasteiger partial charge in [-0.15, -0.1) is 0 Å². The highest BCUT2D eigenvalue weighted by atomic mass is 16.2. The molecule has 0 aliphatic carbocycles. The molecule has 1 unspecified atom stereocenters. The van der Waals surface area contributed by atoms with Crippen LogP contribution in [0.2, 0.25) is 0 Å². The van der Waals surface area contributed by atoms with E-state index < -0.39 is 11.6 Å². The molecule has 0 radical (unpaired) electrons. The van der Waals surface area contributed by atoms with Crippen molar-refractivity contribution in [1.82, 2.24) is 24.8 Å². The Bertz CT molecular complexity index is 1690. The Balaban J connectivity index is 1.24. The fraction of sp³-hybridized carbons (Fsp3) is 0.303. The van der Waals surface area contributed by atoms with Crippen molar-refractivity contribution in [3.8, 4) is 11.4 Å². The van der Waals surface area contributed by atoms with Crippen LogP contribution in [-0.4, -0.2) is 55.9 Å². The molecule has 1 aliphatic heterocycles. The van der Waals surface area contributed by atoms with E-state index in [1.165, 1.54) is 0 Å². The summed E-state index contributed by atoms with van der Waals surface area (Å²) >= 11 is 0. The maximum absolute atomic E-state index is 14.0. The average Bonchev–Trinajstić information content (AvgIpc) is 3.58. The van der Waals surface area contributed by atoms with Gasteiger partial charge in [0.25, 0.3) is 0 Å². The molecule has 41 heavy (non-hydrogen) atoms. The predicted molar refractivity (Wildman–Crippen MR) is 162 cm³/mol. The van der Waals surface area contributed by atoms with Gasteiger partial charge in [-0.25, -0.2) is 4.98 Å². The van der Waals surface area contributed by atoms with Crippen LogP contribution in [-0.2, 0) is 16.0 Å². The number of H-pyrrole nitrogens is 1. The minimum absolute atomic E-state index is 0.0786. The lowest BCUT2D eigenvalue weighted by atomic mass is 9.99. The van der Waals surface area contributed by atoms with Crippen molar-refractivity contribution in [2.24, 2.45) is 5.73 Å². The molecular weight excluding hydrogens is 512 g/mol. The number of benzene rings is 3. The number of imidazole rings is 1. The third-order valence-corrected chi connectivity index (χ3v) is 8.06. The zero-order valence-corrected chi connectivity index (χ0v) is 23.5. The van der Waals surface area contributed by atoms with Crippen molar-refractivity contribution >= 4 is 33.8 Å². The molecule has 8 heteroatoms. The molecule has 0 spiro atoms.